The largest absolute Gasteiger partial charge is 0.0654 e. The van der Waals surface area contributed by atoms with Crippen LogP contribution in [0, 0.1) is 6.42 Å². The van der Waals surface area contributed by atoms with Crippen molar-refractivity contribution < 1.29 is 0 Å². The fraction of sp³-hybridized carbons (Fsp3) is 0.682. The molecule has 0 amide bonds. The van der Waals surface area contributed by atoms with Crippen LogP contribution in [0.4, 0.5) is 0 Å². The van der Waals surface area contributed by atoms with E-state index in [-0.39, 0.29) is 0 Å². The summed E-state index contributed by atoms with van der Waals surface area (Å²) in [4.78, 5) is 0. The predicted molar refractivity (Wildman–Crippen MR) is 100 cm³/mol. The summed E-state index contributed by atoms with van der Waals surface area (Å²) in [5.74, 6) is 0. The van der Waals surface area contributed by atoms with Gasteiger partial charge in [0.15, 0.2) is 0 Å². The van der Waals surface area contributed by atoms with Crippen molar-refractivity contribution in [1.29, 1.82) is 0 Å². The summed E-state index contributed by atoms with van der Waals surface area (Å²) in [6.45, 7) is 4.56. The van der Waals surface area contributed by atoms with Crippen LogP contribution in [0.3, 0.4) is 0 Å². The first-order valence-corrected chi connectivity index (χ1v) is 9.79. The third-order valence-electron chi connectivity index (χ3n) is 4.49. The van der Waals surface area contributed by atoms with Gasteiger partial charge in [-0.05, 0) is 36.8 Å². The Labute approximate surface area is 139 Å². The molecule has 1 aromatic rings. The van der Waals surface area contributed by atoms with E-state index in [9.17, 15) is 0 Å². The predicted octanol–water partition coefficient (Wildman–Crippen LogP) is 7.50. The molecule has 0 aliphatic rings. The molecule has 0 saturated heterocycles. The second-order valence-electron chi connectivity index (χ2n) is 6.67. The Kier molecular flexibility index (Phi) is 12.1. The van der Waals surface area contributed by atoms with Gasteiger partial charge in [0.2, 0.25) is 0 Å². The quantitative estimate of drug-likeness (QED) is 0.312. The number of rotatable bonds is 14. The zero-order valence-corrected chi connectivity index (χ0v) is 15.1. The molecule has 0 atom stereocenters. The zero-order chi connectivity index (χ0) is 15.9. The lowest BCUT2D eigenvalue weighted by Gasteiger charge is -2.05. The summed E-state index contributed by atoms with van der Waals surface area (Å²) in [5.41, 5.74) is 2.91. The Morgan fingerprint density at radius 3 is 1.82 bits per heavy atom. The van der Waals surface area contributed by atoms with Gasteiger partial charge in [0.25, 0.3) is 0 Å². The number of hydrogen-bond donors (Lipinski definition) is 0. The second kappa shape index (κ2) is 13.9. The van der Waals surface area contributed by atoms with Gasteiger partial charge >= 0.3 is 0 Å². The molecule has 0 N–H and O–H groups in total. The average Bonchev–Trinajstić information content (AvgIpc) is 2.55. The molecule has 0 heteroatoms. The van der Waals surface area contributed by atoms with Crippen molar-refractivity contribution in [3.63, 3.8) is 0 Å². The van der Waals surface area contributed by atoms with Crippen molar-refractivity contribution in [2.45, 2.75) is 97.3 Å². The second-order valence-corrected chi connectivity index (χ2v) is 6.67. The first-order valence-electron chi connectivity index (χ1n) is 9.79. The van der Waals surface area contributed by atoms with Crippen molar-refractivity contribution in [3.8, 4) is 0 Å². The highest BCUT2D eigenvalue weighted by Gasteiger charge is 1.97. The Bertz CT molecular complexity index is 301. The number of hydrogen-bond acceptors (Lipinski definition) is 0. The van der Waals surface area contributed by atoms with Crippen LogP contribution >= 0.6 is 0 Å². The zero-order valence-electron chi connectivity index (χ0n) is 15.1. The van der Waals surface area contributed by atoms with Crippen molar-refractivity contribution in [3.05, 3.63) is 41.8 Å². The third-order valence-corrected chi connectivity index (χ3v) is 4.49. The van der Waals surface area contributed by atoms with Gasteiger partial charge in [-0.25, -0.2) is 0 Å². The SMILES string of the molecule is CCCCCCC[CH]c1ccc(CCCCCCCC)cc1. The molecule has 1 rings (SSSR count). The van der Waals surface area contributed by atoms with E-state index in [2.05, 4.69) is 44.5 Å². The topological polar surface area (TPSA) is 0 Å². The standard InChI is InChI=1S/C22H37/c1-3-5-7-9-11-13-15-21-17-19-22(20-18-21)16-14-12-10-8-6-4-2/h15,17-20H,3-14,16H2,1-2H3. The monoisotopic (exact) mass is 301 g/mol. The summed E-state index contributed by atoms with van der Waals surface area (Å²) < 4.78 is 0. The van der Waals surface area contributed by atoms with E-state index in [1.165, 1.54) is 94.6 Å². The molecule has 0 fully saturated rings. The van der Waals surface area contributed by atoms with Crippen LogP contribution in [0.25, 0.3) is 0 Å². The summed E-state index contributed by atoms with van der Waals surface area (Å²) in [6.07, 6.45) is 20.1. The highest BCUT2D eigenvalue weighted by atomic mass is 14.0. The van der Waals surface area contributed by atoms with Gasteiger partial charge in [0, 0.05) is 0 Å². The Hall–Kier alpha value is -0.780. The number of unbranched alkanes of at least 4 members (excludes halogenated alkanes) is 10. The summed E-state index contributed by atoms with van der Waals surface area (Å²) >= 11 is 0. The van der Waals surface area contributed by atoms with Crippen LogP contribution in [-0.2, 0) is 6.42 Å². The molecule has 0 bridgehead atoms. The Morgan fingerprint density at radius 2 is 1.18 bits per heavy atom. The maximum Gasteiger partial charge on any atom is -0.00931 e. The Morgan fingerprint density at radius 1 is 0.636 bits per heavy atom. The van der Waals surface area contributed by atoms with E-state index in [0.29, 0.717) is 0 Å². The lowest BCUT2D eigenvalue weighted by molar-refractivity contribution is 0.607. The molecule has 1 aromatic carbocycles. The van der Waals surface area contributed by atoms with E-state index < -0.39 is 0 Å². The van der Waals surface area contributed by atoms with Crippen molar-refractivity contribution in [2.75, 3.05) is 0 Å². The third kappa shape index (κ3) is 10.0. The highest BCUT2D eigenvalue weighted by Crippen LogP contribution is 2.14. The molecule has 0 unspecified atom stereocenters. The van der Waals surface area contributed by atoms with Gasteiger partial charge in [-0.2, -0.15) is 0 Å². The molecule has 0 aliphatic carbocycles. The van der Waals surface area contributed by atoms with Gasteiger partial charge in [-0.15, -0.1) is 0 Å². The Balaban J connectivity index is 2.07. The molecular formula is C22H37. The van der Waals surface area contributed by atoms with E-state index in [4.69, 9.17) is 0 Å². The maximum absolute atomic E-state index is 2.40. The summed E-state index contributed by atoms with van der Waals surface area (Å²) in [5, 5.41) is 0. The molecular weight excluding hydrogens is 264 g/mol. The molecule has 0 aliphatic heterocycles. The van der Waals surface area contributed by atoms with Gasteiger partial charge < -0.3 is 0 Å². The van der Waals surface area contributed by atoms with Crippen molar-refractivity contribution >= 4 is 0 Å². The minimum atomic E-state index is 1.24. The summed E-state index contributed by atoms with van der Waals surface area (Å²) in [6, 6.07) is 9.26. The van der Waals surface area contributed by atoms with Crippen molar-refractivity contribution in [2.24, 2.45) is 0 Å². The van der Waals surface area contributed by atoms with Crippen LogP contribution in [0.2, 0.25) is 0 Å². The first-order chi connectivity index (χ1) is 10.9. The van der Waals surface area contributed by atoms with E-state index in [0.717, 1.165) is 0 Å². The normalized spacial score (nSPS) is 11.0. The molecule has 22 heavy (non-hydrogen) atoms. The van der Waals surface area contributed by atoms with E-state index >= 15 is 0 Å². The van der Waals surface area contributed by atoms with Gasteiger partial charge in [-0.1, -0.05) is 102 Å². The minimum absolute atomic E-state index is 1.24. The molecule has 1 radical (unpaired) electrons. The van der Waals surface area contributed by atoms with Crippen LogP contribution < -0.4 is 0 Å². The van der Waals surface area contributed by atoms with E-state index in [1.54, 1.807) is 0 Å². The lowest BCUT2D eigenvalue weighted by Crippen LogP contribution is -1.88. The first kappa shape index (κ1) is 19.3. The van der Waals surface area contributed by atoms with Crippen LogP contribution in [0.5, 0.6) is 0 Å². The number of benzene rings is 1. The minimum Gasteiger partial charge on any atom is -0.0654 e. The van der Waals surface area contributed by atoms with Gasteiger partial charge in [0.1, 0.15) is 0 Å². The molecule has 0 heterocycles. The lowest BCUT2D eigenvalue weighted by atomic mass is 10.0. The van der Waals surface area contributed by atoms with Crippen LogP contribution in [0.15, 0.2) is 24.3 Å². The molecule has 0 nitrogen and oxygen atoms in total. The van der Waals surface area contributed by atoms with E-state index in [1.807, 2.05) is 0 Å². The smallest absolute Gasteiger partial charge is 0.00931 e. The van der Waals surface area contributed by atoms with Gasteiger partial charge in [0.05, 0.1) is 0 Å². The number of aryl methyl sites for hydroxylation is 1. The van der Waals surface area contributed by atoms with Crippen LogP contribution in [0.1, 0.15) is 102 Å². The summed E-state index contributed by atoms with van der Waals surface area (Å²) in [7, 11) is 0. The van der Waals surface area contributed by atoms with Crippen LogP contribution in [-0.4, -0.2) is 0 Å². The fourth-order valence-corrected chi connectivity index (χ4v) is 2.95. The fourth-order valence-electron chi connectivity index (χ4n) is 2.95. The molecule has 125 valence electrons. The van der Waals surface area contributed by atoms with Crippen molar-refractivity contribution in [1.82, 2.24) is 0 Å². The molecule has 0 spiro atoms. The maximum atomic E-state index is 2.40. The average molecular weight is 302 g/mol. The van der Waals surface area contributed by atoms with Gasteiger partial charge in [-0.3, -0.25) is 0 Å². The highest BCUT2D eigenvalue weighted by molar-refractivity contribution is 5.27. The molecule has 0 aromatic heterocycles. The molecule has 0 saturated carbocycles.